The number of carbonyl (C=O) groups excluding carboxylic acids is 5. The predicted octanol–water partition coefficient (Wildman–Crippen LogP) is 9.12. The number of carbonyl (C=O) groups is 5. The minimum absolute atomic E-state index is 0.000531. The van der Waals surface area contributed by atoms with Gasteiger partial charge in [0.05, 0.1) is 50.4 Å². The molecule has 5 saturated heterocycles. The molecular weight excluding hydrogens is 1730 g/mol. The van der Waals surface area contributed by atoms with Crippen molar-refractivity contribution in [3.8, 4) is 0 Å². The van der Waals surface area contributed by atoms with Gasteiger partial charge < -0.3 is 62.1 Å². The number of rotatable bonds is 25. The summed E-state index contributed by atoms with van der Waals surface area (Å²) in [6, 6.07) is 0. The highest BCUT2D eigenvalue weighted by Gasteiger charge is 2.96. The van der Waals surface area contributed by atoms with Gasteiger partial charge in [-0.25, -0.2) is 8.42 Å². The molecule has 0 aromatic heterocycles. The molecule has 97 heavy (non-hydrogen) atoms. The highest BCUT2D eigenvalue weighted by Crippen LogP contribution is 2.65. The zero-order chi connectivity index (χ0) is 74.2. The molecule has 43 heteroatoms. The Bertz CT molecular complexity index is 3100. The molecule has 0 N–H and O–H groups in total. The number of alkyl halides is 17. The molecular formula is C54H67F17I3N5O17S. The van der Waals surface area contributed by atoms with Crippen LogP contribution < -0.4 is 4.90 Å². The van der Waals surface area contributed by atoms with Gasteiger partial charge in [0.2, 0.25) is 5.91 Å². The van der Waals surface area contributed by atoms with Crippen LogP contribution in [-0.4, -0.2) is 256 Å². The van der Waals surface area contributed by atoms with Crippen molar-refractivity contribution in [2.45, 2.75) is 176 Å². The summed E-state index contributed by atoms with van der Waals surface area (Å²) in [6.45, 7) is 7.37. The highest BCUT2D eigenvalue weighted by molar-refractivity contribution is 14.1. The second-order valence-electron chi connectivity index (χ2n) is 25.6. The number of benzene rings is 1. The van der Waals surface area contributed by atoms with Crippen LogP contribution in [0, 0.1) is 10.7 Å². The number of halogens is 20. The molecule has 4 unspecified atom stereocenters. The van der Waals surface area contributed by atoms with Gasteiger partial charge in [-0.2, -0.15) is 78.9 Å². The molecule has 4 atom stereocenters. The van der Waals surface area contributed by atoms with E-state index in [9.17, 15) is 88.7 Å². The Morgan fingerprint density at radius 1 is 0.505 bits per heavy atom. The van der Waals surface area contributed by atoms with Crippen LogP contribution in [0.3, 0.4) is 0 Å². The second kappa shape index (κ2) is 28.6. The Balaban J connectivity index is 1.35. The molecule has 0 saturated carbocycles. The average molecular weight is 1790 g/mol. The number of esters is 1. The number of amides is 4. The molecule has 1 aromatic rings. The molecule has 4 amide bonds. The lowest BCUT2D eigenvalue weighted by Gasteiger charge is -2.43. The first-order chi connectivity index (χ1) is 43.6. The molecule has 0 bridgehead atoms. The van der Waals surface area contributed by atoms with Crippen molar-refractivity contribution in [2.24, 2.45) is 0 Å². The Kier molecular flexibility index (Phi) is 24.5. The molecule has 556 valence electrons. The van der Waals surface area contributed by atoms with Crippen LogP contribution in [0.15, 0.2) is 0 Å². The number of nitrogens with zero attached hydrogens (tertiary/aromatic N) is 5. The van der Waals surface area contributed by atoms with Crippen molar-refractivity contribution in [3.05, 3.63) is 21.8 Å². The number of hydrogen-bond acceptors (Lipinski definition) is 17. The van der Waals surface area contributed by atoms with E-state index >= 15 is 18.4 Å². The summed E-state index contributed by atoms with van der Waals surface area (Å²) in [5.74, 6) is -62.5. The zero-order valence-corrected chi connectivity index (χ0v) is 60.3. The van der Waals surface area contributed by atoms with E-state index < -0.39 is 190 Å². The van der Waals surface area contributed by atoms with E-state index in [-0.39, 0.29) is 80.1 Å². The van der Waals surface area contributed by atoms with E-state index in [2.05, 4.69) is 0 Å². The van der Waals surface area contributed by atoms with Gasteiger partial charge in [0.15, 0.2) is 23.1 Å². The fraction of sp³-hybridized carbons (Fsp3) is 0.796. The van der Waals surface area contributed by atoms with E-state index in [0.29, 0.717) is 4.90 Å². The number of anilines is 1. The quantitative estimate of drug-likeness (QED) is 0.0505. The Morgan fingerprint density at radius 2 is 0.835 bits per heavy atom. The van der Waals surface area contributed by atoms with Crippen molar-refractivity contribution in [1.82, 2.24) is 19.0 Å². The number of hydrogen-bond donors (Lipinski definition) is 0. The van der Waals surface area contributed by atoms with Crippen LogP contribution in [0.25, 0.3) is 0 Å². The summed E-state index contributed by atoms with van der Waals surface area (Å²) < 4.78 is 322. The predicted molar refractivity (Wildman–Crippen MR) is 323 cm³/mol. The molecule has 0 aliphatic carbocycles. The van der Waals surface area contributed by atoms with Gasteiger partial charge in [-0.1, -0.05) is 0 Å². The molecule has 1 aromatic carbocycles. The Hall–Kier alpha value is -2.88. The molecule has 22 nitrogen and oxygen atoms in total. The fourth-order valence-corrected chi connectivity index (χ4v) is 16.4. The lowest BCUT2D eigenvalue weighted by atomic mass is 9.91. The minimum Gasteiger partial charge on any atom is -0.459 e. The van der Waals surface area contributed by atoms with E-state index in [1.807, 2.05) is 0 Å². The molecule has 5 aliphatic heterocycles. The third-order valence-corrected chi connectivity index (χ3v) is 20.1. The largest absolute Gasteiger partial charge is 0.460 e. The van der Waals surface area contributed by atoms with Gasteiger partial charge in [-0.15, -0.1) is 0 Å². The van der Waals surface area contributed by atoms with Crippen molar-refractivity contribution in [2.75, 3.05) is 103 Å². The normalized spacial score (nSPS) is 23.0. The zero-order valence-electron chi connectivity index (χ0n) is 53.1. The van der Waals surface area contributed by atoms with Gasteiger partial charge in [0, 0.05) is 55.9 Å². The second-order valence-corrected chi connectivity index (χ2v) is 30.8. The summed E-state index contributed by atoms with van der Waals surface area (Å²) in [4.78, 5) is 77.9. The maximum absolute atomic E-state index is 15.8. The smallest absolute Gasteiger partial charge is 0.459 e. The van der Waals surface area contributed by atoms with E-state index in [0.717, 1.165) is 4.90 Å². The van der Waals surface area contributed by atoms with Gasteiger partial charge >= 0.3 is 52.9 Å². The van der Waals surface area contributed by atoms with Crippen molar-refractivity contribution in [1.29, 1.82) is 0 Å². The molecule has 5 heterocycles. The monoisotopic (exact) mass is 1790 g/mol. The van der Waals surface area contributed by atoms with Gasteiger partial charge in [0.1, 0.15) is 49.8 Å². The molecule has 0 radical (unpaired) electrons. The first kappa shape index (κ1) is 83.1. The van der Waals surface area contributed by atoms with Gasteiger partial charge in [-0.3, -0.25) is 28.9 Å². The average Bonchev–Trinajstić information content (AvgIpc) is 1.08. The van der Waals surface area contributed by atoms with Gasteiger partial charge in [0.25, 0.3) is 27.7 Å². The van der Waals surface area contributed by atoms with E-state index in [4.69, 9.17) is 47.4 Å². The fourth-order valence-electron chi connectivity index (χ4n) is 10.3. The molecule has 6 rings (SSSR count). The molecule has 5 fully saturated rings. The van der Waals surface area contributed by atoms with Crippen molar-refractivity contribution in [3.63, 3.8) is 0 Å². The third kappa shape index (κ3) is 17.2. The SMILES string of the molecule is CC(C)(C)OC(=O)CN(C(=O)COCC(=O)N1CCN(S(=O)(=O)C(F)(F)C(F)(F)C(F)(F)C(F)(F)C(F)(F)C(F)(F)C(F)(F)C(F)(F)F)CC1)c1c(I)c(C(=O)N(CC2COC(C)(C)O2)CC2COC(C)(C)O2)c(I)c(C(=O)N(CC2COC(C)(C)O2)CC2COC(C)(C)O2)c1I. The Morgan fingerprint density at radius 3 is 1.14 bits per heavy atom. The van der Waals surface area contributed by atoms with Crippen LogP contribution in [0.1, 0.15) is 96.9 Å². The lowest BCUT2D eigenvalue weighted by molar-refractivity contribution is -0.458. The van der Waals surface area contributed by atoms with Crippen LogP contribution in [0.5, 0.6) is 0 Å². The minimum atomic E-state index is -9.04. The summed E-state index contributed by atoms with van der Waals surface area (Å²) in [5.41, 5.74) is -2.02. The lowest BCUT2D eigenvalue weighted by Crippen LogP contribution is -2.75. The first-order valence-corrected chi connectivity index (χ1v) is 33.5. The number of piperazine rings is 1. The third-order valence-electron chi connectivity index (χ3n) is 14.9. The van der Waals surface area contributed by atoms with Crippen molar-refractivity contribution < 1.29 is 154 Å². The summed E-state index contributed by atoms with van der Waals surface area (Å²) in [6.07, 6.45) is -11.1. The van der Waals surface area contributed by atoms with Crippen molar-refractivity contribution >= 4 is 113 Å². The van der Waals surface area contributed by atoms with E-state index in [1.54, 1.807) is 123 Å². The number of ether oxygens (including phenoxy) is 10. The highest BCUT2D eigenvalue weighted by atomic mass is 127. The van der Waals surface area contributed by atoms with Gasteiger partial charge in [-0.05, 0) is 144 Å². The van der Waals surface area contributed by atoms with Crippen LogP contribution >= 0.6 is 67.8 Å². The van der Waals surface area contributed by atoms with Crippen LogP contribution in [0.4, 0.5) is 80.3 Å². The van der Waals surface area contributed by atoms with Crippen LogP contribution in [0.2, 0.25) is 0 Å². The summed E-state index contributed by atoms with van der Waals surface area (Å²) in [7, 11) is -7.68. The topological polar surface area (TPSA) is 228 Å². The number of sulfonamides is 1. The maximum atomic E-state index is 15.8. The van der Waals surface area contributed by atoms with Crippen LogP contribution in [-0.2, 0) is 71.8 Å². The summed E-state index contributed by atoms with van der Waals surface area (Å²) >= 11 is 5.25. The maximum Gasteiger partial charge on any atom is 0.460 e. The van der Waals surface area contributed by atoms with E-state index in [1.165, 1.54) is 30.6 Å². The molecule has 5 aliphatic rings. The first-order valence-electron chi connectivity index (χ1n) is 28.8. The Labute approximate surface area is 584 Å². The molecule has 0 spiro atoms. The standard InChI is InChI=1S/C54H67F17I3N5O17S/c1-42(2,3)96-33(82)20-79(32(81)26-87-25-31(80)75-12-14-78(15-13-75)97(85,86)54(70,71)52(65,66)50(61,62)48(57,58)47(55,56)49(59,60)51(63,64)53(67,68)69)39-37(73)34(40(83)76(16-27-21-88-43(4,5)92-27)17-28-22-89-44(6,7)93-28)36(72)35(38(39)74)41(84)77(18-29-23-90-45(8,9)94-29)19-30-24-91-46(10,11)95-30/h27-30H,12-26H2,1-11H3. The summed E-state index contributed by atoms with van der Waals surface area (Å²) in [5, 5.41) is -7.83.